The van der Waals surface area contributed by atoms with E-state index in [0.29, 0.717) is 25.5 Å². The number of methoxy groups -OCH3 is 1. The summed E-state index contributed by atoms with van der Waals surface area (Å²) in [5, 5.41) is 8.47. The molecule has 0 radical (unpaired) electrons. The lowest BCUT2D eigenvalue weighted by atomic mass is 9.71. The normalized spacial score (nSPS) is 21.5. The van der Waals surface area contributed by atoms with Crippen molar-refractivity contribution >= 4 is 58.4 Å². The molecule has 5 atom stereocenters. The van der Waals surface area contributed by atoms with Gasteiger partial charge in [-0.1, -0.05) is 27.5 Å². The molecule has 0 aromatic heterocycles. The number of urea groups is 1. The number of hydrogen-bond donors (Lipinski definition) is 7. The van der Waals surface area contributed by atoms with Crippen molar-refractivity contribution in [2.45, 2.75) is 43.9 Å². The van der Waals surface area contributed by atoms with Crippen LogP contribution in [0.15, 0.2) is 0 Å². The Bertz CT molecular complexity index is 1000. The third-order valence-electron chi connectivity index (χ3n) is 5.09. The van der Waals surface area contributed by atoms with E-state index in [9.17, 15) is 28.3 Å². The van der Waals surface area contributed by atoms with Gasteiger partial charge in [-0.25, -0.2) is 18.5 Å². The molecule has 244 valence electrons. The number of carbonyl (C=O) groups excluding carboxylic acids is 1. The first-order valence-corrected chi connectivity index (χ1v) is 19.7. The number of carbonyl (C=O) groups is 1. The zero-order valence-electron chi connectivity index (χ0n) is 23.2. The summed E-state index contributed by atoms with van der Waals surface area (Å²) in [4.78, 5) is 47.8. The van der Waals surface area contributed by atoms with Crippen molar-refractivity contribution in [2.24, 2.45) is 0 Å². The minimum Gasteiger partial charge on any atom is -0.379 e. The van der Waals surface area contributed by atoms with Crippen LogP contribution in [0.2, 0.25) is 0 Å². The van der Waals surface area contributed by atoms with Gasteiger partial charge in [0.25, 0.3) is 0 Å². The highest BCUT2D eigenvalue weighted by Crippen LogP contribution is 2.66. The summed E-state index contributed by atoms with van der Waals surface area (Å²) in [6.45, 7) is 1.68. The van der Waals surface area contributed by atoms with Crippen molar-refractivity contribution in [1.82, 2.24) is 16.0 Å². The summed E-state index contributed by atoms with van der Waals surface area (Å²) in [7, 11) is -9.36. The quantitative estimate of drug-likeness (QED) is 0.0207. The van der Waals surface area contributed by atoms with Gasteiger partial charge in [-0.15, -0.1) is 0 Å². The van der Waals surface area contributed by atoms with Crippen molar-refractivity contribution < 1.29 is 65.4 Å². The minimum atomic E-state index is -5.61. The highest BCUT2D eigenvalue weighted by Gasteiger charge is 2.42. The van der Waals surface area contributed by atoms with Gasteiger partial charge in [0.15, 0.2) is 0 Å². The van der Waals surface area contributed by atoms with E-state index < -0.39 is 48.3 Å². The van der Waals surface area contributed by atoms with Gasteiger partial charge in [0.05, 0.1) is 19.3 Å². The molecule has 0 spiro atoms. The van der Waals surface area contributed by atoms with E-state index in [1.807, 2.05) is 7.05 Å². The highest BCUT2D eigenvalue weighted by atomic mass is 33.1. The lowest BCUT2D eigenvalue weighted by Gasteiger charge is -2.20. The Morgan fingerprint density at radius 3 is 2.50 bits per heavy atom. The first-order valence-electron chi connectivity index (χ1n) is 12.7. The van der Waals surface area contributed by atoms with E-state index in [4.69, 9.17) is 24.0 Å². The second-order valence-corrected chi connectivity index (χ2v) is 15.4. The summed E-state index contributed by atoms with van der Waals surface area (Å²) < 4.78 is 62.5. The van der Waals surface area contributed by atoms with Crippen molar-refractivity contribution in [3.63, 3.8) is 0 Å². The maximum atomic E-state index is 11.9. The smallest absolute Gasteiger partial charge is 0.379 e. The second-order valence-electron chi connectivity index (χ2n) is 8.49. The Hall–Kier alpha value is -0.155. The summed E-state index contributed by atoms with van der Waals surface area (Å²) in [5.74, 6) is 7.36. The fourth-order valence-electron chi connectivity index (χ4n) is 3.27. The Morgan fingerprint density at radius 2 is 1.81 bits per heavy atom. The number of rotatable bonds is 22. The number of phosphoric ester groups is 1. The van der Waals surface area contributed by atoms with Crippen LogP contribution in [0.4, 0.5) is 4.79 Å². The van der Waals surface area contributed by atoms with Gasteiger partial charge >= 0.3 is 29.5 Å². The van der Waals surface area contributed by atoms with Gasteiger partial charge in [-0.2, -0.15) is 14.4 Å². The van der Waals surface area contributed by atoms with E-state index >= 15 is 0 Å². The van der Waals surface area contributed by atoms with E-state index in [1.165, 1.54) is 7.11 Å². The molecule has 42 heavy (non-hydrogen) atoms. The molecule has 2 unspecified atom stereocenters. The van der Waals surface area contributed by atoms with Crippen LogP contribution in [0.5, 0.6) is 0 Å². The Morgan fingerprint density at radius 1 is 1.05 bits per heavy atom. The van der Waals surface area contributed by atoms with E-state index in [-0.39, 0.29) is 19.9 Å². The molecule has 23 heteroatoms. The molecule has 17 nitrogen and oxygen atoms in total. The fraction of sp³-hybridized carbons (Fsp3) is 0.842. The summed E-state index contributed by atoms with van der Waals surface area (Å²) >= 11 is 0. The number of nitrogens with one attached hydrogen (secondary N) is 3. The molecule has 0 bridgehead atoms. The Balaban J connectivity index is 2.20. The number of unbranched alkanes of at least 4 members (excludes halogenated alkanes) is 2. The second kappa shape index (κ2) is 21.6. The predicted octanol–water partition coefficient (Wildman–Crippen LogP) is 0.902. The molecule has 7 N–H and O–H groups in total. The van der Waals surface area contributed by atoms with Crippen LogP contribution in [-0.2, 0) is 41.1 Å². The predicted molar refractivity (Wildman–Crippen MR) is 159 cm³/mol. The molecule has 0 aromatic carbocycles. The lowest BCUT2D eigenvalue weighted by Crippen LogP contribution is -2.36. The van der Waals surface area contributed by atoms with E-state index in [1.54, 1.807) is 21.6 Å². The Kier molecular flexibility index (Phi) is 20.5. The lowest BCUT2D eigenvalue weighted by molar-refractivity contribution is -0.0204. The molecular weight excluding hydrogens is 662 g/mol. The summed E-state index contributed by atoms with van der Waals surface area (Å²) in [6.07, 6.45) is 1.57. The average molecular weight is 701 g/mol. The number of ether oxygens (including phenoxy) is 3. The number of hydrogen-bond acceptors (Lipinski definition) is 13. The first-order chi connectivity index (χ1) is 19.8. The molecule has 1 aliphatic heterocycles. The van der Waals surface area contributed by atoms with E-state index in [2.05, 4.69) is 40.8 Å². The molecule has 1 saturated heterocycles. The SMILES string of the molecule is CNCCSSCOCCCCCNC(=O)NCC#CB[C@H]1C[C@H](OC)[C@@H](COP(=O)(O)OP(=O)(O)OP(=O)(O)O)O1. The molecule has 0 aliphatic carbocycles. The third kappa shape index (κ3) is 20.7. The molecule has 1 rings (SSSR count). The Labute approximate surface area is 253 Å². The maximum absolute atomic E-state index is 11.9. The van der Waals surface area contributed by atoms with Gasteiger partial charge in [0, 0.05) is 38.6 Å². The summed E-state index contributed by atoms with van der Waals surface area (Å²) in [5.41, 5.74) is 0. The van der Waals surface area contributed by atoms with Crippen LogP contribution in [0.25, 0.3) is 0 Å². The first kappa shape index (κ1) is 39.9. The zero-order valence-corrected chi connectivity index (χ0v) is 27.6. The number of phosphoric acid groups is 3. The standard InChI is InChI=1S/C19H39BN3O14P3S2/c1-21-10-12-41-42-15-33-11-5-3-4-8-22-19(24)23-9-6-7-20-18-13-16(32-2)17(35-18)14-34-39(28,29)37-40(30,31)36-38(25,26)27/h16-18,20-21H,3-5,8-15H2,1-2H3,(H,28,29)(H,30,31)(H2,22,23,24)(H2,25,26,27)/t16-,17+,18+/m0/s1. The molecule has 1 fully saturated rings. The fourth-order valence-corrected chi connectivity index (χ4v) is 7.97. The molecule has 1 aliphatic rings. The monoisotopic (exact) mass is 701 g/mol. The van der Waals surface area contributed by atoms with Crippen LogP contribution in [0, 0.1) is 11.7 Å². The maximum Gasteiger partial charge on any atom is 0.490 e. The van der Waals surface area contributed by atoms with Gasteiger partial charge in [0.2, 0.25) is 7.28 Å². The van der Waals surface area contributed by atoms with Gasteiger partial charge in [0.1, 0.15) is 12.0 Å². The largest absolute Gasteiger partial charge is 0.490 e. The minimum absolute atomic E-state index is 0.111. The van der Waals surface area contributed by atoms with Gasteiger partial charge in [-0.3, -0.25) is 4.52 Å². The van der Waals surface area contributed by atoms with Crippen molar-refractivity contribution in [3.05, 3.63) is 0 Å². The average Bonchev–Trinajstić information content (AvgIpc) is 3.28. The van der Waals surface area contributed by atoms with Gasteiger partial charge < -0.3 is 49.7 Å². The summed E-state index contributed by atoms with van der Waals surface area (Å²) in [6, 6.07) is -0.774. The van der Waals surface area contributed by atoms with Crippen molar-refractivity contribution in [1.29, 1.82) is 0 Å². The molecule has 0 aromatic rings. The van der Waals surface area contributed by atoms with Gasteiger partial charge in [-0.05, 0) is 32.7 Å². The van der Waals surface area contributed by atoms with Crippen LogP contribution < -0.4 is 16.0 Å². The molecule has 1 heterocycles. The number of amides is 2. The van der Waals surface area contributed by atoms with Crippen LogP contribution >= 0.6 is 45.1 Å². The van der Waals surface area contributed by atoms with E-state index in [0.717, 1.165) is 31.6 Å². The third-order valence-corrected chi connectivity index (χ3v) is 11.0. The zero-order chi connectivity index (χ0) is 31.5. The molecular formula is C19H39BN3O14P3S2. The molecule has 0 saturated carbocycles. The topological polar surface area (TPSA) is 241 Å². The van der Waals surface area contributed by atoms with Crippen molar-refractivity contribution in [3.8, 4) is 11.7 Å². The van der Waals surface area contributed by atoms with Crippen LogP contribution in [-0.4, -0.2) is 110 Å². The highest BCUT2D eigenvalue weighted by molar-refractivity contribution is 8.76. The van der Waals surface area contributed by atoms with Crippen molar-refractivity contribution in [2.75, 3.05) is 58.7 Å². The molecule has 2 amide bonds. The van der Waals surface area contributed by atoms with Crippen LogP contribution in [0.3, 0.4) is 0 Å². The van der Waals surface area contributed by atoms with Crippen LogP contribution in [0.1, 0.15) is 25.7 Å².